The molecule has 0 saturated heterocycles. The molecule has 9 rings (SSSR count). The third kappa shape index (κ3) is 20.0. The smallest absolute Gasteiger partial charge is 0.488 e. The van der Waals surface area contributed by atoms with Crippen LogP contribution in [0, 0.1) is 41.5 Å². The number of aliphatic hydroxyl groups is 1. The molecule has 0 radical (unpaired) electrons. The van der Waals surface area contributed by atoms with Crippen LogP contribution in [0.15, 0.2) is 91.4 Å². The SMILES string of the molecule is C.CCO.CCOC(=O)c1cnn2c(NC)cc(Nc3cc(C)cc(C)c3)nc12.CN.CNC(=O)c1cnn2c(NC)cc(Nc3cc(C)cc(C)c3)nc12.CNc1cc(Nc2cc(C)cc(C)c2)nc2c(C(=O)O)cnn12.Cl.N[N-]O.[Na+]. The van der Waals surface area contributed by atoms with E-state index < -0.39 is 11.9 Å². The zero-order valence-electron chi connectivity index (χ0n) is 48.6. The maximum Gasteiger partial charge on any atom is 1.00 e. The molecule has 9 aromatic rings. The van der Waals surface area contributed by atoms with Crippen LogP contribution in [-0.4, -0.2) is 126 Å². The van der Waals surface area contributed by atoms with Crippen LogP contribution >= 0.6 is 12.4 Å². The van der Waals surface area contributed by atoms with Gasteiger partial charge in [0, 0.05) is 70.1 Å². The largest absolute Gasteiger partial charge is 1.00 e. The maximum atomic E-state index is 12.1. The summed E-state index contributed by atoms with van der Waals surface area (Å²) in [5.41, 5.74) is 18.3. The molecule has 0 saturated carbocycles. The van der Waals surface area contributed by atoms with Crippen LogP contribution in [-0.2, 0) is 4.74 Å². The molecule has 83 heavy (non-hydrogen) atoms. The Morgan fingerprint density at radius 3 is 1.11 bits per heavy atom. The van der Waals surface area contributed by atoms with Gasteiger partial charge in [0.25, 0.3) is 5.91 Å². The molecule has 0 aliphatic rings. The summed E-state index contributed by atoms with van der Waals surface area (Å²) in [5, 5.41) is 57.9. The number of aliphatic hydroxyl groups excluding tert-OH is 1. The van der Waals surface area contributed by atoms with Gasteiger partial charge in [0.1, 0.15) is 51.6 Å². The standard InChI is InChI=1S/C18H21N5O2.C17H20N6O.C16H17N5O2.C2H6O.CH5N.CH4.ClH.H3N2O.Na/c1-5-25-18(24)14-10-20-23-16(19-4)9-15(22-17(14)23)21-13-7-11(2)6-12(3)8-13;1-10-5-11(2)7-12(6-10)21-14-8-15(18-3)23-16(22-14)13(9-20-23)17(24)19-4;1-9-4-10(2)6-11(5-9)19-13-7-14(17-3)21-15(20-13)12(8-18-21)16(22)23;1-2-3;1-2;;;1-2-3;/h6-10,19H,5H2,1-4H3,(H,21,22);5-9,18H,1-4H3,(H,19,24)(H,21,22);4-8,17H,1-3H3,(H,19,20)(H,22,23);3H,2H2,1H3;2H2,1H3;1H4;1H;3H,1H2;/q;;;;;;;-1;+1. The van der Waals surface area contributed by atoms with Crippen LogP contribution in [0.3, 0.4) is 0 Å². The number of aryl methyl sites for hydroxylation is 6. The van der Waals surface area contributed by atoms with Crippen LogP contribution in [0.2, 0.25) is 0 Å². The number of hydrogen-bond acceptors (Lipinski definition) is 20. The first-order valence-electron chi connectivity index (χ1n) is 24.9. The number of fused-ring (bicyclic) bond motifs is 3. The first-order valence-corrected chi connectivity index (χ1v) is 24.9. The van der Waals surface area contributed by atoms with Gasteiger partial charge >= 0.3 is 41.5 Å². The molecule has 6 aromatic heterocycles. The number of benzene rings is 3. The Balaban J connectivity index is 0.000000575. The van der Waals surface area contributed by atoms with Crippen molar-refractivity contribution in [3.05, 3.63) is 147 Å². The molecule has 3 aromatic carbocycles. The summed E-state index contributed by atoms with van der Waals surface area (Å²) in [4.78, 5) is 48.9. The van der Waals surface area contributed by atoms with E-state index in [1.807, 2.05) is 81.8 Å². The Kier molecular flexibility index (Phi) is 31.3. The number of aromatic carboxylic acids is 1. The zero-order valence-corrected chi connectivity index (χ0v) is 51.4. The predicted octanol–water partition coefficient (Wildman–Crippen LogP) is 5.89. The summed E-state index contributed by atoms with van der Waals surface area (Å²) in [6, 6.07) is 24.0. The van der Waals surface area contributed by atoms with Crippen LogP contribution in [0.5, 0.6) is 0 Å². The number of aromatic nitrogens is 9. The number of carboxylic acids is 1. The molecule has 0 spiro atoms. The molecule has 0 aliphatic heterocycles. The van der Waals surface area contributed by atoms with Gasteiger partial charge in [0.05, 0.1) is 25.2 Å². The minimum Gasteiger partial charge on any atom is -0.488 e. The molecule has 0 unspecified atom stereocenters. The molecular weight excluding hydrogens is 1100 g/mol. The number of halogens is 1. The molecule has 442 valence electrons. The van der Waals surface area contributed by atoms with Crippen LogP contribution in [0.1, 0.15) is 85.7 Å². The van der Waals surface area contributed by atoms with Crippen LogP contribution in [0.4, 0.5) is 52.0 Å². The Morgan fingerprint density at radius 2 is 0.831 bits per heavy atom. The topological polar surface area (TPSA) is 362 Å². The second-order valence-electron chi connectivity index (χ2n) is 17.3. The molecule has 1 amide bonds. The third-order valence-corrected chi connectivity index (χ3v) is 10.9. The quantitative estimate of drug-likeness (QED) is 0.0277. The number of rotatable bonds is 13. The molecule has 6 heterocycles. The number of anilines is 9. The number of amides is 1. The molecule has 0 atom stereocenters. The fourth-order valence-corrected chi connectivity index (χ4v) is 8.00. The summed E-state index contributed by atoms with van der Waals surface area (Å²) in [6.45, 7) is 16.2. The number of carboxylic acid groups (broad SMARTS) is 1. The number of nitrogens with two attached hydrogens (primary N) is 2. The Hall–Kier alpha value is -8.18. The molecule has 14 N–H and O–H groups in total. The Morgan fingerprint density at radius 1 is 0.554 bits per heavy atom. The number of nitrogens with zero attached hydrogens (tertiary/aromatic N) is 10. The monoisotopic (exact) mass is 1170 g/mol. The number of esters is 1. The van der Waals surface area contributed by atoms with Crippen molar-refractivity contribution in [1.29, 1.82) is 0 Å². The molecule has 28 heteroatoms. The van der Waals surface area contributed by atoms with Crippen molar-refractivity contribution < 1.29 is 64.1 Å². The molecule has 0 fully saturated rings. The van der Waals surface area contributed by atoms with Gasteiger partial charge in [-0.05, 0) is 132 Å². The maximum absolute atomic E-state index is 12.1. The third-order valence-electron chi connectivity index (χ3n) is 10.9. The van der Waals surface area contributed by atoms with Gasteiger partial charge in [-0.3, -0.25) is 4.79 Å². The van der Waals surface area contributed by atoms with E-state index in [1.165, 1.54) is 41.3 Å². The predicted molar refractivity (Wildman–Crippen MR) is 328 cm³/mol. The van der Waals surface area contributed by atoms with E-state index >= 15 is 0 Å². The number of ether oxygens (including phenoxy) is 1. The van der Waals surface area contributed by atoms with Crippen molar-refractivity contribution in [2.45, 2.75) is 62.8 Å². The zero-order chi connectivity index (χ0) is 59.2. The van der Waals surface area contributed by atoms with Crippen molar-refractivity contribution in [1.82, 2.24) is 49.1 Å². The number of carbonyl (C=O) groups excluding carboxylic acids is 2. The van der Waals surface area contributed by atoms with E-state index in [4.69, 9.17) is 15.1 Å². The van der Waals surface area contributed by atoms with E-state index in [-0.39, 0.29) is 73.1 Å². The van der Waals surface area contributed by atoms with E-state index in [0.717, 1.165) is 45.1 Å². The van der Waals surface area contributed by atoms with Crippen molar-refractivity contribution in [3.8, 4) is 0 Å². The minimum absolute atomic E-state index is 0. The van der Waals surface area contributed by atoms with E-state index in [2.05, 4.69) is 111 Å². The Bertz CT molecular complexity index is 3470. The number of carbonyl (C=O) groups is 3. The average molecular weight is 1170 g/mol. The van der Waals surface area contributed by atoms with E-state index in [0.29, 0.717) is 58.1 Å². The fourth-order valence-electron chi connectivity index (χ4n) is 8.00. The summed E-state index contributed by atoms with van der Waals surface area (Å²) in [7, 11) is 8.43. The van der Waals surface area contributed by atoms with Gasteiger partial charge in [-0.15, -0.1) is 12.4 Å². The normalized spacial score (nSPS) is 9.80. The van der Waals surface area contributed by atoms with Crippen LogP contribution in [0.25, 0.3) is 22.5 Å². The summed E-state index contributed by atoms with van der Waals surface area (Å²) in [6.07, 6.45) is 4.29. The average Bonchev–Trinajstić information content (AvgIpc) is 4.41. The fraction of sp³-hybridized carbons (Fsp3) is 0.291. The van der Waals surface area contributed by atoms with Crippen molar-refractivity contribution in [2.75, 3.05) is 80.4 Å². The first-order chi connectivity index (χ1) is 38.3. The second kappa shape index (κ2) is 35.6. The van der Waals surface area contributed by atoms with Crippen LogP contribution < -0.4 is 78.4 Å². The number of hydrogen-bond donors (Lipinski definition) is 12. The van der Waals surface area contributed by atoms with Gasteiger partial charge in [-0.1, -0.05) is 25.6 Å². The van der Waals surface area contributed by atoms with Crippen molar-refractivity contribution in [2.24, 2.45) is 11.6 Å². The molecule has 0 bridgehead atoms. The summed E-state index contributed by atoms with van der Waals surface area (Å²) < 4.78 is 9.74. The molecular formula is C55H77ClN19NaO7. The molecule has 26 nitrogen and oxygen atoms in total. The summed E-state index contributed by atoms with van der Waals surface area (Å²) in [5.74, 6) is 6.23. The van der Waals surface area contributed by atoms with Gasteiger partial charge in [0.2, 0.25) is 0 Å². The Labute approximate surface area is 511 Å². The second-order valence-corrected chi connectivity index (χ2v) is 17.3. The summed E-state index contributed by atoms with van der Waals surface area (Å²) >= 11 is 0. The van der Waals surface area contributed by atoms with Gasteiger partial charge in [0.15, 0.2) is 16.9 Å². The number of nitrogens with one attached hydrogen (secondary N) is 7. The minimum atomic E-state index is -1.06. The molecule has 0 aliphatic carbocycles. The van der Waals surface area contributed by atoms with Crippen molar-refractivity contribution in [3.63, 3.8) is 0 Å². The van der Waals surface area contributed by atoms with E-state index in [9.17, 15) is 19.5 Å². The van der Waals surface area contributed by atoms with Gasteiger partial charge < -0.3 is 74.5 Å². The van der Waals surface area contributed by atoms with E-state index in [1.54, 1.807) is 57.1 Å². The first kappa shape index (κ1) is 72.8. The van der Waals surface area contributed by atoms with Crippen molar-refractivity contribution >= 4 is 99.2 Å². The van der Waals surface area contributed by atoms with Gasteiger partial charge in [-0.2, -0.15) is 28.8 Å². The van der Waals surface area contributed by atoms with Gasteiger partial charge in [-0.25, -0.2) is 24.5 Å².